The molecule has 0 aromatic heterocycles. The Bertz CT molecular complexity index is 494. The zero-order valence-corrected chi connectivity index (χ0v) is 13.4. The number of hydrogen-bond acceptors (Lipinski definition) is 2. The molecule has 1 aromatic rings. The van der Waals surface area contributed by atoms with E-state index in [-0.39, 0.29) is 5.56 Å². The van der Waals surface area contributed by atoms with Gasteiger partial charge in [-0.25, -0.2) is 0 Å². The summed E-state index contributed by atoms with van der Waals surface area (Å²) in [5.74, 6) is -1.31. The van der Waals surface area contributed by atoms with E-state index in [2.05, 4.69) is 21.2 Å². The first-order chi connectivity index (χ1) is 9.43. The average molecular weight is 368 g/mol. The normalized spacial score (nSPS) is 15.6. The van der Waals surface area contributed by atoms with Crippen LogP contribution in [0.15, 0.2) is 28.7 Å². The van der Waals surface area contributed by atoms with Crippen molar-refractivity contribution in [2.75, 3.05) is 0 Å². The second-order valence-electron chi connectivity index (χ2n) is 5.83. The second-order valence-corrected chi connectivity index (χ2v) is 6.75. The fraction of sp³-hybridized carbons (Fsp3) is 0.500. The van der Waals surface area contributed by atoms with E-state index in [9.17, 15) is 23.1 Å². The number of carboxylic acids is 1. The third-order valence-electron chi connectivity index (χ3n) is 2.98. The number of aliphatic carboxylic acids is 1. The second kappa shape index (κ2) is 6.36. The number of nitrogens with one attached hydrogen (secondary N) is 1. The minimum absolute atomic E-state index is 0.0267. The van der Waals surface area contributed by atoms with E-state index in [0.29, 0.717) is 4.47 Å². The molecule has 0 bridgehead atoms. The minimum atomic E-state index is -4.59. The Morgan fingerprint density at radius 2 is 1.67 bits per heavy atom. The van der Waals surface area contributed by atoms with Crippen LogP contribution in [0.2, 0.25) is 0 Å². The van der Waals surface area contributed by atoms with E-state index in [1.165, 1.54) is 24.3 Å². The molecule has 0 spiro atoms. The first kappa shape index (κ1) is 18.0. The Morgan fingerprint density at radius 3 is 2.00 bits per heavy atom. The number of halogens is 4. The predicted octanol–water partition coefficient (Wildman–Crippen LogP) is 4.14. The van der Waals surface area contributed by atoms with Crippen LogP contribution in [0.25, 0.3) is 0 Å². The van der Waals surface area contributed by atoms with E-state index in [1.807, 2.05) is 0 Å². The first-order valence-electron chi connectivity index (χ1n) is 6.24. The highest BCUT2D eigenvalue weighted by atomic mass is 79.9. The van der Waals surface area contributed by atoms with E-state index in [1.54, 1.807) is 20.8 Å². The van der Waals surface area contributed by atoms with Crippen LogP contribution in [0.3, 0.4) is 0 Å². The molecule has 0 saturated carbocycles. The van der Waals surface area contributed by atoms with Crippen LogP contribution in [0.4, 0.5) is 13.2 Å². The Morgan fingerprint density at radius 1 is 1.19 bits per heavy atom. The lowest BCUT2D eigenvalue weighted by atomic mass is 9.86. The monoisotopic (exact) mass is 367 g/mol. The molecule has 0 aliphatic heterocycles. The van der Waals surface area contributed by atoms with E-state index in [0.717, 1.165) is 0 Å². The molecule has 0 amide bonds. The molecule has 0 saturated heterocycles. The molecule has 0 unspecified atom stereocenters. The SMILES string of the molecule is CC(C)(C)[C@H](N[C@@H](c1ccc(Br)cc1)C(F)(F)F)C(=O)O. The van der Waals surface area contributed by atoms with Gasteiger partial charge in [-0.1, -0.05) is 48.8 Å². The highest BCUT2D eigenvalue weighted by molar-refractivity contribution is 9.10. The van der Waals surface area contributed by atoms with Gasteiger partial charge in [0.25, 0.3) is 0 Å². The number of benzene rings is 1. The average Bonchev–Trinajstić information content (AvgIpc) is 2.27. The van der Waals surface area contributed by atoms with Crippen molar-refractivity contribution in [3.05, 3.63) is 34.3 Å². The Hall–Kier alpha value is -1.08. The number of rotatable bonds is 4. The molecular formula is C14H17BrF3NO2. The van der Waals surface area contributed by atoms with Crippen molar-refractivity contribution in [1.82, 2.24) is 5.32 Å². The van der Waals surface area contributed by atoms with Crippen LogP contribution in [0, 0.1) is 5.41 Å². The lowest BCUT2D eigenvalue weighted by Gasteiger charge is -2.33. The molecule has 0 heterocycles. The summed E-state index contributed by atoms with van der Waals surface area (Å²) in [6.07, 6.45) is -4.59. The van der Waals surface area contributed by atoms with Gasteiger partial charge in [-0.2, -0.15) is 13.2 Å². The van der Waals surface area contributed by atoms with Crippen LogP contribution in [-0.4, -0.2) is 23.3 Å². The van der Waals surface area contributed by atoms with Crippen molar-refractivity contribution in [1.29, 1.82) is 0 Å². The summed E-state index contributed by atoms with van der Waals surface area (Å²) in [7, 11) is 0. The molecule has 1 rings (SSSR count). The standard InChI is InChI=1S/C14H17BrF3NO2/c1-13(2,3)11(12(20)21)19-10(14(16,17)18)8-4-6-9(15)7-5-8/h4-7,10-11,19H,1-3H3,(H,20,21)/t10-,11+/m0/s1. The summed E-state index contributed by atoms with van der Waals surface area (Å²) in [6.45, 7) is 4.73. The smallest absolute Gasteiger partial charge is 0.407 e. The van der Waals surface area contributed by atoms with Crippen LogP contribution >= 0.6 is 15.9 Å². The molecule has 3 nitrogen and oxygen atoms in total. The Balaban J connectivity index is 3.15. The van der Waals surface area contributed by atoms with Gasteiger partial charge in [0, 0.05) is 4.47 Å². The number of carboxylic acid groups (broad SMARTS) is 1. The highest BCUT2D eigenvalue weighted by Crippen LogP contribution is 2.35. The number of hydrogen-bond donors (Lipinski definition) is 2. The maximum absolute atomic E-state index is 13.3. The summed E-state index contributed by atoms with van der Waals surface area (Å²) in [5, 5.41) is 11.4. The topological polar surface area (TPSA) is 49.3 Å². The van der Waals surface area contributed by atoms with Gasteiger partial charge in [0.15, 0.2) is 0 Å². The molecule has 0 fully saturated rings. The Labute approximate surface area is 129 Å². The summed E-state index contributed by atoms with van der Waals surface area (Å²) in [4.78, 5) is 11.3. The molecule has 0 aliphatic rings. The van der Waals surface area contributed by atoms with Gasteiger partial charge in [0.2, 0.25) is 0 Å². The Kier molecular flexibility index (Phi) is 5.44. The van der Waals surface area contributed by atoms with Crippen molar-refractivity contribution >= 4 is 21.9 Å². The largest absolute Gasteiger partial charge is 0.480 e. The molecule has 0 aliphatic carbocycles. The lowest BCUT2D eigenvalue weighted by molar-refractivity contribution is -0.166. The van der Waals surface area contributed by atoms with Crippen molar-refractivity contribution in [2.45, 2.75) is 39.0 Å². The fourth-order valence-corrected chi connectivity index (χ4v) is 2.16. The minimum Gasteiger partial charge on any atom is -0.480 e. The zero-order chi connectivity index (χ0) is 16.4. The van der Waals surface area contributed by atoms with E-state index in [4.69, 9.17) is 0 Å². The zero-order valence-electron chi connectivity index (χ0n) is 11.8. The lowest BCUT2D eigenvalue weighted by Crippen LogP contribution is -2.51. The maximum Gasteiger partial charge on any atom is 0.407 e. The fourth-order valence-electron chi connectivity index (χ4n) is 1.89. The van der Waals surface area contributed by atoms with Crippen LogP contribution in [0.1, 0.15) is 32.4 Å². The van der Waals surface area contributed by atoms with Gasteiger partial charge in [0.1, 0.15) is 12.1 Å². The molecule has 2 N–H and O–H groups in total. The maximum atomic E-state index is 13.3. The van der Waals surface area contributed by atoms with Crippen molar-refractivity contribution < 1.29 is 23.1 Å². The summed E-state index contributed by atoms with van der Waals surface area (Å²) in [5.41, 5.74) is -0.883. The number of carbonyl (C=O) groups is 1. The van der Waals surface area contributed by atoms with Crippen LogP contribution in [-0.2, 0) is 4.79 Å². The summed E-state index contributed by atoms with van der Waals surface area (Å²) >= 11 is 3.16. The van der Waals surface area contributed by atoms with Gasteiger partial charge in [-0.3, -0.25) is 10.1 Å². The quantitative estimate of drug-likeness (QED) is 0.840. The highest BCUT2D eigenvalue weighted by Gasteiger charge is 2.45. The number of alkyl halides is 3. The molecular weight excluding hydrogens is 351 g/mol. The molecule has 0 radical (unpaired) electrons. The molecule has 2 atom stereocenters. The first-order valence-corrected chi connectivity index (χ1v) is 7.03. The van der Waals surface area contributed by atoms with Gasteiger partial charge in [0.05, 0.1) is 0 Å². The van der Waals surface area contributed by atoms with Gasteiger partial charge >= 0.3 is 12.1 Å². The summed E-state index contributed by atoms with van der Waals surface area (Å²) < 4.78 is 40.4. The van der Waals surface area contributed by atoms with Gasteiger partial charge in [-0.15, -0.1) is 0 Å². The predicted molar refractivity (Wildman–Crippen MR) is 77.0 cm³/mol. The van der Waals surface area contributed by atoms with Crippen LogP contribution in [0.5, 0.6) is 0 Å². The van der Waals surface area contributed by atoms with Crippen LogP contribution < -0.4 is 5.32 Å². The van der Waals surface area contributed by atoms with Crippen molar-refractivity contribution in [3.8, 4) is 0 Å². The van der Waals surface area contributed by atoms with Crippen molar-refractivity contribution in [3.63, 3.8) is 0 Å². The summed E-state index contributed by atoms with van der Waals surface area (Å²) in [6, 6.07) is 2.25. The third-order valence-corrected chi connectivity index (χ3v) is 3.51. The molecule has 21 heavy (non-hydrogen) atoms. The third kappa shape index (κ3) is 5.00. The molecule has 118 valence electrons. The van der Waals surface area contributed by atoms with E-state index >= 15 is 0 Å². The van der Waals surface area contributed by atoms with E-state index < -0.39 is 29.6 Å². The molecule has 7 heteroatoms. The molecule has 1 aromatic carbocycles. The van der Waals surface area contributed by atoms with Gasteiger partial charge in [-0.05, 0) is 23.1 Å². The van der Waals surface area contributed by atoms with Crippen molar-refractivity contribution in [2.24, 2.45) is 5.41 Å². The van der Waals surface area contributed by atoms with Gasteiger partial charge < -0.3 is 5.11 Å².